The van der Waals surface area contributed by atoms with Gasteiger partial charge in [-0.2, -0.15) is 17.6 Å². The Morgan fingerprint density at radius 2 is 1.07 bits per heavy atom. The number of halogens is 8. The average molecular weight is 312 g/mol. The smallest absolute Gasteiger partial charge is 0.255 e. The molecule has 0 amide bonds. The molecular formula is C6H6Cl4F4O. The fourth-order valence-corrected chi connectivity index (χ4v) is 1.38. The summed E-state index contributed by atoms with van der Waals surface area (Å²) in [5.41, 5.74) is 0. The summed E-state index contributed by atoms with van der Waals surface area (Å²) in [6, 6.07) is 0. The van der Waals surface area contributed by atoms with E-state index >= 15 is 0 Å². The van der Waals surface area contributed by atoms with Crippen molar-refractivity contribution in [3.05, 3.63) is 0 Å². The van der Waals surface area contributed by atoms with Crippen LogP contribution >= 0.6 is 46.4 Å². The maximum Gasteiger partial charge on any atom is 0.362 e. The summed E-state index contributed by atoms with van der Waals surface area (Å²) in [7, 11) is 0. The van der Waals surface area contributed by atoms with Gasteiger partial charge in [-0.15, -0.1) is 46.4 Å². The first-order chi connectivity index (χ1) is 6.54. The van der Waals surface area contributed by atoms with E-state index in [0.717, 1.165) is 0 Å². The second-order valence-corrected chi connectivity index (χ2v) is 5.12. The Bertz CT molecular complexity index is 180. The molecule has 0 spiro atoms. The maximum absolute atomic E-state index is 12.7. The lowest BCUT2D eigenvalue weighted by Gasteiger charge is -2.24. The third-order valence-corrected chi connectivity index (χ3v) is 1.70. The molecule has 0 aliphatic heterocycles. The van der Waals surface area contributed by atoms with Gasteiger partial charge in [0, 0.05) is 0 Å². The second kappa shape index (κ2) is 5.96. The first kappa shape index (κ1) is 15.8. The fraction of sp³-hybridized carbons (Fsp3) is 1.00. The van der Waals surface area contributed by atoms with Crippen molar-refractivity contribution >= 4 is 46.4 Å². The van der Waals surface area contributed by atoms with E-state index in [9.17, 15) is 17.6 Å². The Kier molecular flexibility index (Phi) is 6.29. The minimum Gasteiger partial charge on any atom is -0.255 e. The molecule has 0 radical (unpaired) electrons. The average Bonchev–Trinajstić information content (AvgIpc) is 1.73. The zero-order valence-corrected chi connectivity index (χ0v) is 10.0. The minimum atomic E-state index is -4.14. The van der Waals surface area contributed by atoms with E-state index < -0.39 is 34.7 Å². The molecule has 0 saturated heterocycles. The van der Waals surface area contributed by atoms with Crippen LogP contribution < -0.4 is 0 Å². The standard InChI is InChI=1S/C6H6Cl4F4O/c7-3(8)1-5(11,12)15-6(13,14)2-4(9)10/h3-4H,1-2H2. The molecule has 0 bridgehead atoms. The highest BCUT2D eigenvalue weighted by molar-refractivity contribution is 6.44. The molecule has 1 nitrogen and oxygen atoms in total. The molecule has 9 heteroatoms. The topological polar surface area (TPSA) is 9.23 Å². The Balaban J connectivity index is 4.29. The number of ether oxygens (including phenoxy) is 1. The molecule has 92 valence electrons. The highest BCUT2D eigenvalue weighted by Crippen LogP contribution is 2.36. The van der Waals surface area contributed by atoms with Gasteiger partial charge in [-0.3, -0.25) is 4.74 Å². The Morgan fingerprint density at radius 1 is 0.800 bits per heavy atom. The molecule has 0 saturated carbocycles. The van der Waals surface area contributed by atoms with Crippen LogP contribution in [0.5, 0.6) is 0 Å². The predicted molar refractivity (Wildman–Crippen MR) is 51.2 cm³/mol. The molecule has 0 rings (SSSR count). The van der Waals surface area contributed by atoms with Gasteiger partial charge in [-0.25, -0.2) is 0 Å². The summed E-state index contributed by atoms with van der Waals surface area (Å²) in [5, 5.41) is 0. The van der Waals surface area contributed by atoms with Crippen LogP contribution in [0.1, 0.15) is 12.8 Å². The van der Waals surface area contributed by atoms with E-state index in [4.69, 9.17) is 46.4 Å². The highest BCUT2D eigenvalue weighted by Gasteiger charge is 2.45. The molecule has 0 aliphatic carbocycles. The second-order valence-electron chi connectivity index (χ2n) is 2.57. The summed E-state index contributed by atoms with van der Waals surface area (Å²) in [5.74, 6) is 0. The Hall–Kier alpha value is 0.840. The van der Waals surface area contributed by atoms with Crippen LogP contribution in [0.4, 0.5) is 17.6 Å². The van der Waals surface area contributed by atoms with Gasteiger partial charge < -0.3 is 0 Å². The molecule has 0 N–H and O–H groups in total. The number of alkyl halides is 8. The van der Waals surface area contributed by atoms with Crippen molar-refractivity contribution in [2.45, 2.75) is 34.7 Å². The maximum atomic E-state index is 12.7. The first-order valence-corrected chi connectivity index (χ1v) is 5.31. The lowest BCUT2D eigenvalue weighted by Crippen LogP contribution is -2.35. The molecule has 0 unspecified atom stereocenters. The lowest BCUT2D eigenvalue weighted by molar-refractivity contribution is -0.376. The normalized spacial score (nSPS) is 14.0. The van der Waals surface area contributed by atoms with E-state index in [1.807, 2.05) is 0 Å². The van der Waals surface area contributed by atoms with Crippen LogP contribution in [0.25, 0.3) is 0 Å². The van der Waals surface area contributed by atoms with Crippen LogP contribution in [0.2, 0.25) is 0 Å². The zero-order valence-electron chi connectivity index (χ0n) is 7.00. The van der Waals surface area contributed by atoms with Gasteiger partial charge in [0.1, 0.15) is 9.67 Å². The van der Waals surface area contributed by atoms with Crippen LogP contribution in [0.15, 0.2) is 0 Å². The summed E-state index contributed by atoms with van der Waals surface area (Å²) in [6.07, 6.45) is -10.8. The van der Waals surface area contributed by atoms with E-state index in [-0.39, 0.29) is 0 Å². The minimum absolute atomic E-state index is 1.25. The predicted octanol–water partition coefficient (Wildman–Crippen LogP) is 4.58. The molecule has 0 fully saturated rings. The Morgan fingerprint density at radius 3 is 1.27 bits per heavy atom. The van der Waals surface area contributed by atoms with E-state index in [1.165, 1.54) is 0 Å². The molecule has 0 aromatic rings. The molecule has 0 atom stereocenters. The van der Waals surface area contributed by atoms with Gasteiger partial charge in [0.15, 0.2) is 0 Å². The summed E-state index contributed by atoms with van der Waals surface area (Å²) in [6.45, 7) is 0. The van der Waals surface area contributed by atoms with Crippen LogP contribution in [-0.2, 0) is 4.74 Å². The first-order valence-electron chi connectivity index (χ1n) is 3.56. The number of hydrogen-bond donors (Lipinski definition) is 0. The molecule has 0 aromatic heterocycles. The number of rotatable bonds is 6. The summed E-state index contributed by atoms with van der Waals surface area (Å²) >= 11 is 20.0. The SMILES string of the molecule is FC(F)(CC(Cl)Cl)OC(F)(F)CC(Cl)Cl. The third kappa shape index (κ3) is 8.63. The van der Waals surface area contributed by atoms with Gasteiger partial charge >= 0.3 is 12.2 Å². The summed E-state index contributed by atoms with van der Waals surface area (Å²) in [4.78, 5) is -3.03. The third-order valence-electron chi connectivity index (χ3n) is 1.08. The number of hydrogen-bond acceptors (Lipinski definition) is 1. The van der Waals surface area contributed by atoms with Crippen molar-refractivity contribution in [1.82, 2.24) is 0 Å². The van der Waals surface area contributed by atoms with Gasteiger partial charge in [0.2, 0.25) is 0 Å². The Labute approximate surface area is 104 Å². The van der Waals surface area contributed by atoms with Crippen molar-refractivity contribution < 1.29 is 22.3 Å². The monoisotopic (exact) mass is 310 g/mol. The van der Waals surface area contributed by atoms with Crippen molar-refractivity contribution in [2.75, 3.05) is 0 Å². The van der Waals surface area contributed by atoms with Crippen molar-refractivity contribution in [1.29, 1.82) is 0 Å². The molecule has 15 heavy (non-hydrogen) atoms. The molecule has 0 heterocycles. The largest absolute Gasteiger partial charge is 0.362 e. The van der Waals surface area contributed by atoms with Gasteiger partial charge in [-0.1, -0.05) is 0 Å². The van der Waals surface area contributed by atoms with E-state index in [1.54, 1.807) is 0 Å². The van der Waals surface area contributed by atoms with Crippen LogP contribution in [0.3, 0.4) is 0 Å². The van der Waals surface area contributed by atoms with Crippen LogP contribution in [0, 0.1) is 0 Å². The van der Waals surface area contributed by atoms with Crippen LogP contribution in [-0.4, -0.2) is 21.9 Å². The van der Waals surface area contributed by atoms with Crippen molar-refractivity contribution in [3.63, 3.8) is 0 Å². The molecule has 0 aliphatic rings. The van der Waals surface area contributed by atoms with Crippen molar-refractivity contribution in [3.8, 4) is 0 Å². The van der Waals surface area contributed by atoms with Gasteiger partial charge in [-0.05, 0) is 0 Å². The quantitative estimate of drug-likeness (QED) is 0.515. The fourth-order valence-electron chi connectivity index (χ4n) is 0.661. The lowest BCUT2D eigenvalue weighted by atomic mass is 10.4. The van der Waals surface area contributed by atoms with E-state index in [2.05, 4.69) is 4.74 Å². The van der Waals surface area contributed by atoms with E-state index in [0.29, 0.717) is 0 Å². The van der Waals surface area contributed by atoms with Gasteiger partial charge in [0.05, 0.1) is 12.8 Å². The zero-order chi connectivity index (χ0) is 12.3. The molecule has 0 aromatic carbocycles. The van der Waals surface area contributed by atoms with Crippen molar-refractivity contribution in [2.24, 2.45) is 0 Å². The molecular weight excluding hydrogens is 306 g/mol. The van der Waals surface area contributed by atoms with Gasteiger partial charge in [0.25, 0.3) is 0 Å². The summed E-state index contributed by atoms with van der Waals surface area (Å²) < 4.78 is 53.9. The highest BCUT2D eigenvalue weighted by atomic mass is 35.5.